The molecule has 1 aliphatic carbocycles. The zero-order valence-corrected chi connectivity index (χ0v) is 12.8. The molecule has 2 rings (SSSR count). The summed E-state index contributed by atoms with van der Waals surface area (Å²) in [6, 6.07) is 6.97. The monoisotopic (exact) mass is 311 g/mol. The Bertz CT molecular complexity index is 394. The van der Waals surface area contributed by atoms with Crippen molar-refractivity contribution in [3.05, 3.63) is 28.2 Å². The van der Waals surface area contributed by atoms with E-state index >= 15 is 0 Å². The van der Waals surface area contributed by atoms with Crippen LogP contribution in [0.3, 0.4) is 0 Å². The van der Waals surface area contributed by atoms with Crippen molar-refractivity contribution in [3.63, 3.8) is 0 Å². The molecule has 1 aromatic carbocycles. The van der Waals surface area contributed by atoms with Crippen LogP contribution in [-0.4, -0.2) is 12.6 Å². The average Bonchev–Trinajstić information content (AvgIpc) is 3.14. The molecule has 18 heavy (non-hydrogen) atoms. The molecule has 2 unspecified atom stereocenters. The summed E-state index contributed by atoms with van der Waals surface area (Å²) in [6.07, 6.45) is 3.66. The minimum absolute atomic E-state index is 0.716. The molecule has 0 radical (unpaired) electrons. The van der Waals surface area contributed by atoms with Gasteiger partial charge >= 0.3 is 0 Å². The Morgan fingerprint density at radius 3 is 2.89 bits per heavy atom. The molecule has 1 N–H and O–H groups in total. The van der Waals surface area contributed by atoms with Crippen LogP contribution >= 0.6 is 15.9 Å². The summed E-state index contributed by atoms with van der Waals surface area (Å²) in [7, 11) is 0. The van der Waals surface area contributed by atoms with Crippen LogP contribution in [0.2, 0.25) is 0 Å². The van der Waals surface area contributed by atoms with E-state index in [-0.39, 0.29) is 0 Å². The molecule has 1 aromatic rings. The molecule has 3 heteroatoms. The Hall–Kier alpha value is -0.540. The Labute approximate surface area is 118 Å². The minimum atomic E-state index is 0.716. The highest BCUT2D eigenvalue weighted by Gasteiger charge is 2.34. The third-order valence-electron chi connectivity index (χ3n) is 3.49. The predicted molar refractivity (Wildman–Crippen MR) is 79.0 cm³/mol. The molecule has 1 fully saturated rings. The van der Waals surface area contributed by atoms with E-state index in [1.807, 2.05) is 6.07 Å². The molecule has 0 spiro atoms. The van der Waals surface area contributed by atoms with Gasteiger partial charge in [0.25, 0.3) is 0 Å². The third-order valence-corrected chi connectivity index (χ3v) is 3.98. The van der Waals surface area contributed by atoms with Gasteiger partial charge in [-0.3, -0.25) is 0 Å². The van der Waals surface area contributed by atoms with Crippen molar-refractivity contribution in [2.24, 2.45) is 5.92 Å². The molecule has 0 aliphatic heterocycles. The lowest BCUT2D eigenvalue weighted by Crippen LogP contribution is -2.18. The van der Waals surface area contributed by atoms with Crippen molar-refractivity contribution in [1.82, 2.24) is 5.32 Å². The number of hydrogen-bond donors (Lipinski definition) is 1. The van der Waals surface area contributed by atoms with Crippen LogP contribution in [0.25, 0.3) is 0 Å². The maximum Gasteiger partial charge on any atom is 0.123 e. The second-order valence-corrected chi connectivity index (χ2v) is 5.91. The number of nitrogens with one attached hydrogen (secondary N) is 1. The maximum atomic E-state index is 5.79. The van der Waals surface area contributed by atoms with Gasteiger partial charge in [0.05, 0.1) is 6.61 Å². The molecule has 0 heterocycles. The second-order valence-electron chi connectivity index (χ2n) is 4.99. The van der Waals surface area contributed by atoms with Crippen molar-refractivity contribution in [2.75, 3.05) is 6.61 Å². The van der Waals surface area contributed by atoms with Crippen molar-refractivity contribution < 1.29 is 4.74 Å². The van der Waals surface area contributed by atoms with Crippen LogP contribution in [0, 0.1) is 5.92 Å². The van der Waals surface area contributed by atoms with Gasteiger partial charge in [0.1, 0.15) is 5.75 Å². The fourth-order valence-corrected chi connectivity index (χ4v) is 2.64. The molecular weight excluding hydrogens is 290 g/mol. The number of ether oxygens (including phenoxy) is 1. The molecule has 2 nitrogen and oxygen atoms in total. The summed E-state index contributed by atoms with van der Waals surface area (Å²) in [6.45, 7) is 6.09. The summed E-state index contributed by atoms with van der Waals surface area (Å²) in [5.74, 6) is 1.90. The van der Waals surface area contributed by atoms with Gasteiger partial charge in [-0.15, -0.1) is 0 Å². The molecule has 0 amide bonds. The van der Waals surface area contributed by atoms with Gasteiger partial charge in [-0.1, -0.05) is 36.2 Å². The summed E-state index contributed by atoms with van der Waals surface area (Å²) in [5, 5.41) is 3.62. The quantitative estimate of drug-likeness (QED) is 0.817. The summed E-state index contributed by atoms with van der Waals surface area (Å²) in [5.41, 5.74) is 1.25. The van der Waals surface area contributed by atoms with Crippen LogP contribution in [0.15, 0.2) is 22.7 Å². The maximum absolute atomic E-state index is 5.79. The van der Waals surface area contributed by atoms with Crippen LogP contribution in [0.1, 0.15) is 38.7 Å². The zero-order valence-electron chi connectivity index (χ0n) is 11.2. The van der Waals surface area contributed by atoms with Gasteiger partial charge in [-0.05, 0) is 37.0 Å². The lowest BCUT2D eigenvalue weighted by molar-refractivity contribution is 0.313. The third kappa shape index (κ3) is 3.72. The van der Waals surface area contributed by atoms with E-state index in [0.29, 0.717) is 6.04 Å². The molecule has 0 aromatic heterocycles. The van der Waals surface area contributed by atoms with Crippen LogP contribution < -0.4 is 10.1 Å². The first kappa shape index (κ1) is 13.9. The Kier molecular flexibility index (Phi) is 5.07. The first-order valence-corrected chi connectivity index (χ1v) is 7.68. The number of halogens is 1. The van der Waals surface area contributed by atoms with E-state index in [0.717, 1.165) is 35.7 Å². The molecule has 0 bridgehead atoms. The molecule has 0 saturated heterocycles. The van der Waals surface area contributed by atoms with Gasteiger partial charge in [-0.25, -0.2) is 0 Å². The van der Waals surface area contributed by atoms with Gasteiger partial charge in [-0.2, -0.15) is 0 Å². The van der Waals surface area contributed by atoms with E-state index in [1.54, 1.807) is 0 Å². The van der Waals surface area contributed by atoms with E-state index in [1.165, 1.54) is 18.4 Å². The molecule has 100 valence electrons. The summed E-state index contributed by atoms with van der Waals surface area (Å²) >= 11 is 3.53. The fourth-order valence-electron chi connectivity index (χ4n) is 2.23. The predicted octanol–water partition coefficient (Wildman–Crippen LogP) is 4.13. The zero-order chi connectivity index (χ0) is 13.0. The van der Waals surface area contributed by atoms with Crippen LogP contribution in [-0.2, 0) is 6.54 Å². The molecule has 2 atom stereocenters. The van der Waals surface area contributed by atoms with E-state index in [4.69, 9.17) is 4.74 Å². The number of rotatable bonds is 7. The summed E-state index contributed by atoms with van der Waals surface area (Å²) in [4.78, 5) is 0. The highest BCUT2D eigenvalue weighted by atomic mass is 79.9. The van der Waals surface area contributed by atoms with Gasteiger partial charge in [0, 0.05) is 22.6 Å². The fraction of sp³-hybridized carbons (Fsp3) is 0.600. The highest BCUT2D eigenvalue weighted by Crippen LogP contribution is 2.34. The normalized spacial score (nSPS) is 21.9. The standard InChI is InChI=1S/C15H22BrNO/c1-3-7-18-15-6-5-13(16)8-12(15)10-17-14-9-11(14)4-2/h5-6,8,11,14,17H,3-4,7,9-10H2,1-2H3. The van der Waals surface area contributed by atoms with Gasteiger partial charge in [0.15, 0.2) is 0 Å². The lowest BCUT2D eigenvalue weighted by Gasteiger charge is -2.12. The molecule has 1 aliphatic rings. The van der Waals surface area contributed by atoms with Crippen molar-refractivity contribution >= 4 is 15.9 Å². The van der Waals surface area contributed by atoms with Crippen molar-refractivity contribution in [3.8, 4) is 5.75 Å². The Morgan fingerprint density at radius 2 is 2.22 bits per heavy atom. The van der Waals surface area contributed by atoms with Crippen molar-refractivity contribution in [2.45, 2.75) is 45.7 Å². The molecule has 1 saturated carbocycles. The van der Waals surface area contributed by atoms with E-state index < -0.39 is 0 Å². The SMILES string of the molecule is CCCOc1ccc(Br)cc1CNC1CC1CC. The van der Waals surface area contributed by atoms with Crippen molar-refractivity contribution in [1.29, 1.82) is 0 Å². The average molecular weight is 312 g/mol. The van der Waals surface area contributed by atoms with Gasteiger partial charge < -0.3 is 10.1 Å². The Balaban J connectivity index is 1.94. The largest absolute Gasteiger partial charge is 0.493 e. The van der Waals surface area contributed by atoms with Crippen LogP contribution in [0.4, 0.5) is 0 Å². The summed E-state index contributed by atoms with van der Waals surface area (Å²) < 4.78 is 6.90. The number of hydrogen-bond acceptors (Lipinski definition) is 2. The topological polar surface area (TPSA) is 21.3 Å². The smallest absolute Gasteiger partial charge is 0.123 e. The van der Waals surface area contributed by atoms with E-state index in [2.05, 4.69) is 47.2 Å². The van der Waals surface area contributed by atoms with Gasteiger partial charge in [0.2, 0.25) is 0 Å². The molecular formula is C15H22BrNO. The minimum Gasteiger partial charge on any atom is -0.493 e. The van der Waals surface area contributed by atoms with E-state index in [9.17, 15) is 0 Å². The first-order valence-electron chi connectivity index (χ1n) is 6.89. The second kappa shape index (κ2) is 6.58. The Morgan fingerprint density at radius 1 is 1.39 bits per heavy atom. The van der Waals surface area contributed by atoms with Crippen LogP contribution in [0.5, 0.6) is 5.75 Å². The number of benzene rings is 1. The lowest BCUT2D eigenvalue weighted by atomic mass is 10.2. The highest BCUT2D eigenvalue weighted by molar-refractivity contribution is 9.10. The first-order chi connectivity index (χ1) is 8.74.